The fourth-order valence-electron chi connectivity index (χ4n) is 3.23. The molecular weight excluding hydrogens is 306 g/mol. The number of hydrogen-bond donors (Lipinski definition) is 1. The molecule has 2 aromatic rings. The highest BCUT2D eigenvalue weighted by atomic mass is 16.6. The van der Waals surface area contributed by atoms with Gasteiger partial charge in [0.15, 0.2) is 0 Å². The minimum Gasteiger partial charge on any atom is -0.449 e. The number of amides is 1. The summed E-state index contributed by atoms with van der Waals surface area (Å²) in [6, 6.07) is 6.09. The third kappa shape index (κ3) is 3.32. The number of nitrogens with one attached hydrogen (secondary N) is 1. The molecule has 0 saturated carbocycles. The molecule has 3 rings (SSSR count). The Bertz CT molecular complexity index is 782. The maximum Gasteiger partial charge on any atom is 0.409 e. The zero-order chi connectivity index (χ0) is 17.3. The van der Waals surface area contributed by atoms with Crippen molar-refractivity contribution in [3.8, 4) is 0 Å². The van der Waals surface area contributed by atoms with Crippen LogP contribution in [-0.4, -0.2) is 40.2 Å². The Hall–Kier alpha value is -2.24. The van der Waals surface area contributed by atoms with E-state index < -0.39 is 0 Å². The second kappa shape index (κ2) is 6.71. The molecule has 2 heterocycles. The van der Waals surface area contributed by atoms with Crippen molar-refractivity contribution in [1.29, 1.82) is 0 Å². The first kappa shape index (κ1) is 16.6. The van der Waals surface area contributed by atoms with E-state index in [0.29, 0.717) is 25.6 Å². The Morgan fingerprint density at radius 1 is 1.33 bits per heavy atom. The number of benzene rings is 1. The van der Waals surface area contributed by atoms with Gasteiger partial charge in [0.05, 0.1) is 17.6 Å². The van der Waals surface area contributed by atoms with Crippen molar-refractivity contribution < 1.29 is 9.53 Å². The number of nitrogens with zero attached hydrogens (tertiary/aromatic N) is 2. The highest BCUT2D eigenvalue weighted by Crippen LogP contribution is 2.25. The van der Waals surface area contributed by atoms with Gasteiger partial charge in [-0.1, -0.05) is 19.9 Å². The van der Waals surface area contributed by atoms with Gasteiger partial charge in [0.25, 0.3) is 0 Å². The highest BCUT2D eigenvalue weighted by Gasteiger charge is 2.26. The number of piperidine rings is 1. The summed E-state index contributed by atoms with van der Waals surface area (Å²) in [4.78, 5) is 29.1. The predicted molar refractivity (Wildman–Crippen MR) is 93.3 cm³/mol. The maximum absolute atomic E-state index is 12.3. The van der Waals surface area contributed by atoms with Crippen LogP contribution in [0.1, 0.15) is 38.3 Å². The molecule has 0 bridgehead atoms. The van der Waals surface area contributed by atoms with Gasteiger partial charge in [0.1, 0.15) is 0 Å². The van der Waals surface area contributed by atoms with E-state index in [1.54, 1.807) is 4.90 Å². The lowest BCUT2D eigenvalue weighted by atomic mass is 10.0. The molecule has 6 nitrogen and oxygen atoms in total. The molecule has 0 spiro atoms. The van der Waals surface area contributed by atoms with Crippen molar-refractivity contribution in [2.24, 2.45) is 5.92 Å². The summed E-state index contributed by atoms with van der Waals surface area (Å²) in [6.07, 6.45) is 1.28. The first-order valence-corrected chi connectivity index (χ1v) is 8.58. The van der Waals surface area contributed by atoms with Gasteiger partial charge < -0.3 is 14.6 Å². The van der Waals surface area contributed by atoms with Crippen LogP contribution in [0.25, 0.3) is 11.0 Å². The maximum atomic E-state index is 12.3. The van der Waals surface area contributed by atoms with Crippen LogP contribution < -0.4 is 5.69 Å². The lowest BCUT2D eigenvalue weighted by Gasteiger charge is -2.32. The molecule has 0 unspecified atom stereocenters. The molecule has 1 amide bonds. The second-order valence-corrected chi connectivity index (χ2v) is 7.01. The number of likely N-dealkylation sites (tertiary alicyclic amines) is 1. The van der Waals surface area contributed by atoms with Crippen LogP contribution in [0.5, 0.6) is 0 Å². The fourth-order valence-corrected chi connectivity index (χ4v) is 3.23. The number of carbonyl (C=O) groups is 1. The number of ether oxygens (including phenoxy) is 1. The van der Waals surface area contributed by atoms with Gasteiger partial charge in [-0.05, 0) is 43.4 Å². The summed E-state index contributed by atoms with van der Waals surface area (Å²) in [6.45, 7) is 7.74. The number of imidazole rings is 1. The van der Waals surface area contributed by atoms with E-state index in [-0.39, 0.29) is 17.8 Å². The minimum atomic E-state index is -0.246. The molecule has 130 valence electrons. The molecule has 1 aliphatic rings. The molecular formula is C18H25N3O3. The number of rotatable bonds is 3. The zero-order valence-electron chi connectivity index (χ0n) is 14.5. The number of aromatic nitrogens is 2. The van der Waals surface area contributed by atoms with E-state index >= 15 is 0 Å². The van der Waals surface area contributed by atoms with E-state index in [9.17, 15) is 9.59 Å². The summed E-state index contributed by atoms with van der Waals surface area (Å²) in [5.74, 6) is 0.333. The second-order valence-electron chi connectivity index (χ2n) is 7.01. The number of fused-ring (bicyclic) bond motifs is 1. The molecule has 24 heavy (non-hydrogen) atoms. The lowest BCUT2D eigenvalue weighted by molar-refractivity contribution is 0.0798. The topological polar surface area (TPSA) is 67.3 Å². The molecule has 1 aromatic heterocycles. The summed E-state index contributed by atoms with van der Waals surface area (Å²) in [5.41, 5.74) is 2.87. The molecule has 1 aromatic carbocycles. The summed E-state index contributed by atoms with van der Waals surface area (Å²) < 4.78 is 7.14. The number of carbonyl (C=O) groups excluding carboxylic acids is 1. The Labute approximate surface area is 141 Å². The molecule has 1 aliphatic heterocycles. The summed E-state index contributed by atoms with van der Waals surface area (Å²) in [7, 11) is 0. The SMILES string of the molecule is Cc1ccc2[nH]c(=O)n(C3CCN(C(=O)OCC(C)C)CC3)c2c1. The lowest BCUT2D eigenvalue weighted by Crippen LogP contribution is -2.41. The Balaban J connectivity index is 1.71. The van der Waals surface area contributed by atoms with E-state index in [0.717, 1.165) is 29.4 Å². The average molecular weight is 331 g/mol. The standard InChI is InChI=1S/C18H25N3O3/c1-12(2)11-24-18(23)20-8-6-14(7-9-20)21-16-10-13(3)4-5-15(16)19-17(21)22/h4-5,10,12,14H,6-9,11H2,1-3H3,(H,19,22). The Kier molecular flexibility index (Phi) is 4.64. The normalized spacial score (nSPS) is 16.1. The van der Waals surface area contributed by atoms with Gasteiger partial charge in [-0.2, -0.15) is 0 Å². The minimum absolute atomic E-state index is 0.0727. The van der Waals surface area contributed by atoms with Crippen LogP contribution in [0.15, 0.2) is 23.0 Å². The Morgan fingerprint density at radius 3 is 2.71 bits per heavy atom. The molecule has 0 aliphatic carbocycles. The van der Waals surface area contributed by atoms with E-state index in [4.69, 9.17) is 4.74 Å². The third-order valence-electron chi connectivity index (χ3n) is 4.50. The summed E-state index contributed by atoms with van der Waals surface area (Å²) in [5, 5.41) is 0. The largest absolute Gasteiger partial charge is 0.449 e. The van der Waals surface area contributed by atoms with Crippen LogP contribution in [-0.2, 0) is 4.74 Å². The number of aryl methyl sites for hydroxylation is 1. The van der Waals surface area contributed by atoms with Gasteiger partial charge in [0, 0.05) is 19.1 Å². The first-order valence-electron chi connectivity index (χ1n) is 8.58. The number of H-pyrrole nitrogens is 1. The van der Waals surface area contributed by atoms with Crippen molar-refractivity contribution in [3.05, 3.63) is 34.2 Å². The molecule has 1 N–H and O–H groups in total. The van der Waals surface area contributed by atoms with Crippen molar-refractivity contribution >= 4 is 17.1 Å². The van der Waals surface area contributed by atoms with Crippen molar-refractivity contribution in [3.63, 3.8) is 0 Å². The van der Waals surface area contributed by atoms with Crippen molar-refractivity contribution in [2.75, 3.05) is 19.7 Å². The van der Waals surface area contributed by atoms with Crippen molar-refractivity contribution in [1.82, 2.24) is 14.5 Å². The zero-order valence-corrected chi connectivity index (χ0v) is 14.5. The fraction of sp³-hybridized carbons (Fsp3) is 0.556. The van der Waals surface area contributed by atoms with E-state index in [1.807, 2.05) is 43.5 Å². The number of hydrogen-bond acceptors (Lipinski definition) is 3. The van der Waals surface area contributed by atoms with Crippen molar-refractivity contribution in [2.45, 2.75) is 39.7 Å². The molecule has 6 heteroatoms. The van der Waals surface area contributed by atoms with Crippen LogP contribution in [0.4, 0.5) is 4.79 Å². The van der Waals surface area contributed by atoms with Gasteiger partial charge >= 0.3 is 11.8 Å². The van der Waals surface area contributed by atoms with Crippen LogP contribution >= 0.6 is 0 Å². The highest BCUT2D eigenvalue weighted by molar-refractivity contribution is 5.76. The van der Waals surface area contributed by atoms with Gasteiger partial charge in [0.2, 0.25) is 0 Å². The predicted octanol–water partition coefficient (Wildman–Crippen LogP) is 3.07. The number of aromatic amines is 1. The van der Waals surface area contributed by atoms with Crippen LogP contribution in [0.3, 0.4) is 0 Å². The van der Waals surface area contributed by atoms with Gasteiger partial charge in [-0.25, -0.2) is 9.59 Å². The molecule has 1 fully saturated rings. The van der Waals surface area contributed by atoms with Crippen LogP contribution in [0.2, 0.25) is 0 Å². The quantitative estimate of drug-likeness (QED) is 0.940. The van der Waals surface area contributed by atoms with E-state index in [1.165, 1.54) is 0 Å². The first-order chi connectivity index (χ1) is 11.5. The molecule has 1 saturated heterocycles. The molecule has 0 atom stereocenters. The smallest absolute Gasteiger partial charge is 0.409 e. The monoisotopic (exact) mass is 331 g/mol. The summed E-state index contributed by atoms with van der Waals surface area (Å²) >= 11 is 0. The third-order valence-corrected chi connectivity index (χ3v) is 4.50. The molecule has 0 radical (unpaired) electrons. The van der Waals surface area contributed by atoms with Crippen LogP contribution in [0, 0.1) is 12.8 Å². The van der Waals surface area contributed by atoms with Gasteiger partial charge in [-0.15, -0.1) is 0 Å². The Morgan fingerprint density at radius 2 is 2.04 bits per heavy atom. The average Bonchev–Trinajstić information content (AvgIpc) is 2.88. The van der Waals surface area contributed by atoms with Gasteiger partial charge in [-0.3, -0.25) is 4.57 Å². The van der Waals surface area contributed by atoms with E-state index in [2.05, 4.69) is 4.98 Å².